The van der Waals surface area contributed by atoms with Gasteiger partial charge in [-0.3, -0.25) is 4.79 Å². The van der Waals surface area contributed by atoms with Gasteiger partial charge >= 0.3 is 0 Å². The molecule has 0 unspecified atom stereocenters. The number of hydrogen-bond donors (Lipinski definition) is 1. The van der Waals surface area contributed by atoms with Gasteiger partial charge in [-0.05, 0) is 28.1 Å². The number of aromatic hydroxyl groups is 1. The second kappa shape index (κ2) is 4.31. The molecular weight excluding hydrogens is 279 g/mol. The van der Waals surface area contributed by atoms with Crippen molar-refractivity contribution in [3.8, 4) is 5.75 Å². The zero-order valence-corrected chi connectivity index (χ0v) is 9.45. The number of carbonyl (C=O) groups excluding carboxylic acids is 1. The van der Waals surface area contributed by atoms with Crippen molar-refractivity contribution in [1.29, 1.82) is 0 Å². The van der Waals surface area contributed by atoms with Gasteiger partial charge < -0.3 is 5.11 Å². The highest BCUT2D eigenvalue weighted by molar-refractivity contribution is 9.10. The Morgan fingerprint density at radius 3 is 2.69 bits per heavy atom. The van der Waals surface area contributed by atoms with Crippen LogP contribution < -0.4 is 0 Å². The van der Waals surface area contributed by atoms with Gasteiger partial charge in [-0.25, -0.2) is 0 Å². The zero-order valence-electron chi connectivity index (χ0n) is 6.35. The largest absolute Gasteiger partial charge is 0.505 e. The third kappa shape index (κ3) is 2.16. The lowest BCUT2D eigenvalue weighted by atomic mass is 10.1. The first-order valence-electron chi connectivity index (χ1n) is 3.34. The van der Waals surface area contributed by atoms with Crippen molar-refractivity contribution in [2.45, 2.75) is 0 Å². The second-order valence-corrected chi connectivity index (χ2v) is 3.78. The summed E-state index contributed by atoms with van der Waals surface area (Å²) in [4.78, 5) is 11.2. The summed E-state index contributed by atoms with van der Waals surface area (Å²) < 4.78 is 0.283. The number of benzene rings is 1. The van der Waals surface area contributed by atoms with Crippen molar-refractivity contribution < 1.29 is 9.90 Å². The molecule has 1 aromatic carbocycles. The lowest BCUT2D eigenvalue weighted by Gasteiger charge is -2.04. The number of ketones is 1. The molecule has 0 amide bonds. The summed E-state index contributed by atoms with van der Waals surface area (Å²) >= 11 is 14.0. The molecule has 0 aromatic heterocycles. The lowest BCUT2D eigenvalue weighted by molar-refractivity contribution is 0.102. The van der Waals surface area contributed by atoms with E-state index in [-0.39, 0.29) is 26.9 Å². The fraction of sp³-hybridized carbons (Fsp3) is 0.125. The van der Waals surface area contributed by atoms with E-state index < -0.39 is 0 Å². The third-order valence-electron chi connectivity index (χ3n) is 1.49. The van der Waals surface area contributed by atoms with E-state index in [1.54, 1.807) is 0 Å². The molecule has 13 heavy (non-hydrogen) atoms. The number of halogens is 3. The molecule has 0 atom stereocenters. The Kier molecular flexibility index (Phi) is 3.59. The number of carbonyl (C=O) groups is 1. The molecule has 0 saturated heterocycles. The topological polar surface area (TPSA) is 37.3 Å². The number of hydrogen-bond acceptors (Lipinski definition) is 2. The first kappa shape index (κ1) is 10.8. The van der Waals surface area contributed by atoms with Crippen LogP contribution in [0.1, 0.15) is 10.4 Å². The average Bonchev–Trinajstić information content (AvgIpc) is 2.13. The van der Waals surface area contributed by atoms with Crippen LogP contribution in [0, 0.1) is 0 Å². The van der Waals surface area contributed by atoms with Crippen molar-refractivity contribution in [1.82, 2.24) is 0 Å². The SMILES string of the molecule is O=C(CCl)c1ccc(Cl)c(O)c1Br. The van der Waals surface area contributed by atoms with Gasteiger partial charge in [0.05, 0.1) is 15.4 Å². The van der Waals surface area contributed by atoms with Crippen LogP contribution in [0.15, 0.2) is 16.6 Å². The highest BCUT2D eigenvalue weighted by Gasteiger charge is 2.13. The normalized spacial score (nSPS) is 10.1. The van der Waals surface area contributed by atoms with E-state index >= 15 is 0 Å². The number of alkyl halides is 1. The lowest BCUT2D eigenvalue weighted by Crippen LogP contribution is -2.01. The Morgan fingerprint density at radius 1 is 1.54 bits per heavy atom. The Hall–Kier alpha value is -0.250. The van der Waals surface area contributed by atoms with E-state index in [1.165, 1.54) is 12.1 Å². The van der Waals surface area contributed by atoms with Gasteiger partial charge in [-0.1, -0.05) is 11.6 Å². The highest BCUT2D eigenvalue weighted by Crippen LogP contribution is 2.34. The van der Waals surface area contributed by atoms with Crippen molar-refractivity contribution in [2.24, 2.45) is 0 Å². The van der Waals surface area contributed by atoms with Gasteiger partial charge in [0.15, 0.2) is 5.78 Å². The minimum Gasteiger partial charge on any atom is -0.505 e. The molecule has 0 heterocycles. The number of phenols is 1. The molecule has 0 bridgehead atoms. The smallest absolute Gasteiger partial charge is 0.178 e. The molecule has 2 nitrogen and oxygen atoms in total. The van der Waals surface area contributed by atoms with E-state index in [0.29, 0.717) is 5.56 Å². The number of phenolic OH excluding ortho intramolecular Hbond substituents is 1. The Morgan fingerprint density at radius 2 is 2.15 bits per heavy atom. The molecule has 70 valence electrons. The summed E-state index contributed by atoms with van der Waals surface area (Å²) in [6.07, 6.45) is 0. The van der Waals surface area contributed by atoms with Gasteiger partial charge in [0.25, 0.3) is 0 Å². The van der Waals surface area contributed by atoms with E-state index in [4.69, 9.17) is 23.2 Å². The van der Waals surface area contributed by atoms with Gasteiger partial charge in [0.1, 0.15) is 5.75 Å². The summed E-state index contributed by atoms with van der Waals surface area (Å²) in [5.41, 5.74) is 0.330. The Balaban J connectivity index is 3.26. The average molecular weight is 284 g/mol. The van der Waals surface area contributed by atoms with Crippen LogP contribution in [0.4, 0.5) is 0 Å². The highest BCUT2D eigenvalue weighted by atomic mass is 79.9. The first-order chi connectivity index (χ1) is 6.07. The first-order valence-corrected chi connectivity index (χ1v) is 5.04. The van der Waals surface area contributed by atoms with Crippen LogP contribution in [0.3, 0.4) is 0 Å². The van der Waals surface area contributed by atoms with Crippen LogP contribution in [0.25, 0.3) is 0 Å². The molecule has 1 N–H and O–H groups in total. The van der Waals surface area contributed by atoms with Gasteiger partial charge in [0, 0.05) is 5.56 Å². The maximum atomic E-state index is 11.2. The fourth-order valence-corrected chi connectivity index (χ4v) is 1.81. The van der Waals surface area contributed by atoms with Gasteiger partial charge in [0.2, 0.25) is 0 Å². The predicted molar refractivity (Wildman–Crippen MR) is 55.9 cm³/mol. The molecule has 0 fully saturated rings. The molecule has 0 saturated carbocycles. The molecule has 0 aliphatic carbocycles. The molecule has 0 aliphatic rings. The predicted octanol–water partition coefficient (Wildman–Crippen LogP) is 3.23. The molecule has 1 rings (SSSR count). The van der Waals surface area contributed by atoms with Crippen LogP contribution in [0.5, 0.6) is 5.75 Å². The number of rotatable bonds is 2. The van der Waals surface area contributed by atoms with Crippen LogP contribution in [-0.2, 0) is 0 Å². The summed E-state index contributed by atoms with van der Waals surface area (Å²) in [7, 11) is 0. The third-order valence-corrected chi connectivity index (χ3v) is 2.84. The summed E-state index contributed by atoms with van der Waals surface area (Å²) in [6.45, 7) is 0. The van der Waals surface area contributed by atoms with Gasteiger partial charge in [-0.2, -0.15) is 0 Å². The van der Waals surface area contributed by atoms with E-state index in [2.05, 4.69) is 15.9 Å². The maximum absolute atomic E-state index is 11.2. The fourth-order valence-electron chi connectivity index (χ4n) is 0.828. The van der Waals surface area contributed by atoms with Crippen molar-refractivity contribution in [3.63, 3.8) is 0 Å². The van der Waals surface area contributed by atoms with E-state index in [1.807, 2.05) is 0 Å². The molecule has 0 aliphatic heterocycles. The molecule has 5 heteroatoms. The maximum Gasteiger partial charge on any atom is 0.178 e. The second-order valence-electron chi connectivity index (χ2n) is 2.31. The Labute approximate surface area is 93.6 Å². The monoisotopic (exact) mass is 282 g/mol. The quantitative estimate of drug-likeness (QED) is 0.668. The summed E-state index contributed by atoms with van der Waals surface area (Å²) in [6, 6.07) is 2.96. The van der Waals surface area contributed by atoms with Crippen molar-refractivity contribution >= 4 is 44.9 Å². The van der Waals surface area contributed by atoms with Gasteiger partial charge in [-0.15, -0.1) is 11.6 Å². The Bertz CT molecular complexity index is 352. The minimum atomic E-state index is -0.263. The van der Waals surface area contributed by atoms with E-state index in [0.717, 1.165) is 0 Å². The zero-order chi connectivity index (χ0) is 10.0. The van der Waals surface area contributed by atoms with Crippen molar-refractivity contribution in [2.75, 3.05) is 5.88 Å². The number of Topliss-reactive ketones (excluding diaryl/α,β-unsaturated/α-hetero) is 1. The van der Waals surface area contributed by atoms with E-state index in [9.17, 15) is 9.90 Å². The summed E-state index contributed by atoms with van der Waals surface area (Å²) in [5.74, 6) is -0.530. The molecule has 0 spiro atoms. The van der Waals surface area contributed by atoms with Crippen molar-refractivity contribution in [3.05, 3.63) is 27.2 Å². The molecular formula is C8H5BrCl2O2. The van der Waals surface area contributed by atoms with Crippen LogP contribution in [-0.4, -0.2) is 16.8 Å². The van der Waals surface area contributed by atoms with Crippen LogP contribution >= 0.6 is 39.1 Å². The molecule has 1 aromatic rings. The standard InChI is InChI=1S/C8H5BrCl2O2/c9-7-4(6(12)3-10)1-2-5(11)8(7)13/h1-2,13H,3H2. The molecule has 0 radical (unpaired) electrons. The summed E-state index contributed by atoms with van der Waals surface area (Å²) in [5, 5.41) is 9.55. The van der Waals surface area contributed by atoms with Crippen LogP contribution in [0.2, 0.25) is 5.02 Å². The minimum absolute atomic E-state index is 0.125.